The van der Waals surface area contributed by atoms with E-state index in [1.165, 1.54) is 14.0 Å². The summed E-state index contributed by atoms with van der Waals surface area (Å²) in [5.41, 5.74) is 0.984. The van der Waals surface area contributed by atoms with E-state index in [0.29, 0.717) is 44.1 Å². The van der Waals surface area contributed by atoms with E-state index < -0.39 is 119 Å². The summed E-state index contributed by atoms with van der Waals surface area (Å²) in [6, 6.07) is 0. The molecule has 13 atom stereocenters. The van der Waals surface area contributed by atoms with Gasteiger partial charge in [-0.05, 0) is 87.0 Å². The van der Waals surface area contributed by atoms with E-state index in [-0.39, 0.29) is 80.1 Å². The smallest absolute Gasteiger partial charge is 0.333 e. The Morgan fingerprint density at radius 1 is 0.753 bits per heavy atom. The van der Waals surface area contributed by atoms with E-state index >= 15 is 0 Å². The number of carbonyl (C=O) groups is 6. The van der Waals surface area contributed by atoms with E-state index in [4.69, 9.17) is 42.4 Å². The van der Waals surface area contributed by atoms with Gasteiger partial charge >= 0.3 is 35.8 Å². The number of carbonyl (C=O) groups excluding carboxylic acids is 6. The molecule has 0 bridgehead atoms. The van der Waals surface area contributed by atoms with Crippen LogP contribution in [-0.4, -0.2) is 122 Å². The Bertz CT molecular complexity index is 1960. The fourth-order valence-corrected chi connectivity index (χ4v) is 10.0. The first kappa shape index (κ1) is 65.2. The average molecular weight is 1060 g/mol. The van der Waals surface area contributed by atoms with Gasteiger partial charge in [-0.1, -0.05) is 81.4 Å². The van der Waals surface area contributed by atoms with Gasteiger partial charge in [-0.25, -0.2) is 4.79 Å². The van der Waals surface area contributed by atoms with Gasteiger partial charge in [0.2, 0.25) is 0 Å². The SMILES string of the molecule is CCC(=O)OC(C/C=C(\C)C(=O)OC)C(C)C(OC(C)=O)C(CC(C)C(C[C@H]1C[C@@H](C)C[C@@]2(C[C@@H](C)C[C@H](C(O)/C(C)=C/CCC(C)CC(=O)OCCS(=O)(=O)O)O2)O1)OC(=O)CC(C)C)OC(=O)CC(C)C. The quantitative estimate of drug-likeness (QED) is 0.0225. The number of methoxy groups -OCH3 is 1. The van der Waals surface area contributed by atoms with Crippen molar-refractivity contribution in [3.05, 3.63) is 23.3 Å². The summed E-state index contributed by atoms with van der Waals surface area (Å²) < 4.78 is 78.8. The van der Waals surface area contributed by atoms with Gasteiger partial charge < -0.3 is 43.0 Å². The van der Waals surface area contributed by atoms with Crippen molar-refractivity contribution in [2.75, 3.05) is 19.5 Å². The minimum absolute atomic E-state index is 0.00537. The Morgan fingerprint density at radius 2 is 1.33 bits per heavy atom. The minimum Gasteiger partial charge on any atom is -0.466 e. The first-order chi connectivity index (χ1) is 34.0. The molecule has 1 spiro atoms. The Balaban J connectivity index is 2.47. The highest BCUT2D eigenvalue weighted by atomic mass is 32.2. The van der Waals surface area contributed by atoms with Gasteiger partial charge in [0, 0.05) is 69.8 Å². The molecule has 19 heteroatoms. The zero-order valence-corrected chi connectivity index (χ0v) is 47.0. The van der Waals surface area contributed by atoms with Crippen LogP contribution in [-0.2, 0) is 76.8 Å². The normalized spacial score (nSPS) is 24.1. The van der Waals surface area contributed by atoms with Gasteiger partial charge in [-0.3, -0.25) is 28.5 Å². The number of aliphatic hydroxyl groups is 1. The van der Waals surface area contributed by atoms with Gasteiger partial charge in [-0.2, -0.15) is 8.42 Å². The van der Waals surface area contributed by atoms with Crippen LogP contribution in [0.4, 0.5) is 0 Å². The first-order valence-corrected chi connectivity index (χ1v) is 27.9. The molecular weight excluding hydrogens is 969 g/mol. The van der Waals surface area contributed by atoms with Crippen molar-refractivity contribution in [1.82, 2.24) is 0 Å². The molecule has 2 aliphatic heterocycles. The van der Waals surface area contributed by atoms with Crippen molar-refractivity contribution in [3.63, 3.8) is 0 Å². The van der Waals surface area contributed by atoms with Gasteiger partial charge in [0.1, 0.15) is 42.9 Å². The molecule has 2 aliphatic rings. The lowest BCUT2D eigenvalue weighted by Crippen LogP contribution is -2.54. The molecule has 0 radical (unpaired) electrons. The summed E-state index contributed by atoms with van der Waals surface area (Å²) >= 11 is 0. The molecule has 73 heavy (non-hydrogen) atoms. The number of aliphatic hydroxyl groups excluding tert-OH is 1. The van der Waals surface area contributed by atoms with Crippen molar-refractivity contribution in [3.8, 4) is 0 Å². The van der Waals surface area contributed by atoms with Crippen LogP contribution in [0.15, 0.2) is 23.3 Å². The second kappa shape index (κ2) is 31.2. The lowest BCUT2D eigenvalue weighted by molar-refractivity contribution is -0.338. The molecule has 0 amide bonds. The zero-order valence-electron chi connectivity index (χ0n) is 46.2. The fourth-order valence-electron chi connectivity index (χ4n) is 9.72. The number of hydrogen-bond acceptors (Lipinski definition) is 17. The second-order valence-electron chi connectivity index (χ2n) is 21.8. The molecule has 18 nitrogen and oxygen atoms in total. The summed E-state index contributed by atoms with van der Waals surface area (Å²) in [7, 11) is -2.98. The summed E-state index contributed by atoms with van der Waals surface area (Å²) in [5, 5.41) is 11.7. The number of allylic oxidation sites excluding steroid dienone is 1. The third-order valence-corrected chi connectivity index (χ3v) is 14.1. The van der Waals surface area contributed by atoms with Crippen molar-refractivity contribution in [2.45, 2.75) is 222 Å². The van der Waals surface area contributed by atoms with E-state index in [0.717, 1.165) is 0 Å². The third-order valence-electron chi connectivity index (χ3n) is 13.4. The van der Waals surface area contributed by atoms with Crippen LogP contribution in [0, 0.1) is 41.4 Å². The summed E-state index contributed by atoms with van der Waals surface area (Å²) in [6.07, 6.45) is 1.76. The highest BCUT2D eigenvalue weighted by Gasteiger charge is 2.49. The van der Waals surface area contributed by atoms with Gasteiger partial charge in [-0.15, -0.1) is 0 Å². The van der Waals surface area contributed by atoms with Crippen LogP contribution in [0.2, 0.25) is 0 Å². The van der Waals surface area contributed by atoms with Crippen LogP contribution in [0.5, 0.6) is 0 Å². The fraction of sp³-hybridized carbons (Fsp3) is 0.815. The largest absolute Gasteiger partial charge is 0.466 e. The van der Waals surface area contributed by atoms with Crippen molar-refractivity contribution in [2.24, 2.45) is 41.4 Å². The highest BCUT2D eigenvalue weighted by Crippen LogP contribution is 2.46. The molecule has 0 aromatic carbocycles. The molecule has 0 aromatic heterocycles. The lowest BCUT2D eigenvalue weighted by atomic mass is 9.80. The van der Waals surface area contributed by atoms with Crippen LogP contribution in [0.25, 0.3) is 0 Å². The lowest BCUT2D eigenvalue weighted by Gasteiger charge is -2.51. The van der Waals surface area contributed by atoms with E-state index in [9.17, 15) is 42.3 Å². The molecule has 0 saturated carbocycles. The van der Waals surface area contributed by atoms with Crippen LogP contribution in [0.1, 0.15) is 173 Å². The number of rotatable bonds is 30. The Hall–Kier alpha value is -3.91. The topological polar surface area (TPSA) is 251 Å². The highest BCUT2D eigenvalue weighted by molar-refractivity contribution is 7.85. The van der Waals surface area contributed by atoms with Gasteiger partial charge in [0.25, 0.3) is 10.1 Å². The molecule has 2 heterocycles. The second-order valence-corrected chi connectivity index (χ2v) is 23.4. The molecule has 2 rings (SSSR count). The van der Waals surface area contributed by atoms with Crippen molar-refractivity contribution < 1.29 is 84.7 Å². The van der Waals surface area contributed by atoms with Crippen molar-refractivity contribution >= 4 is 45.9 Å². The van der Waals surface area contributed by atoms with E-state index in [1.807, 2.05) is 54.5 Å². The standard InChI is InChI=1S/C54H90O18S/c1-15-47(56)68-43(20-19-38(10)53(61)65-14)40(12)52(67-41(13)55)46(70-50(59)24-33(4)5)28-39(11)44(69-49(58)23-32(2)3)29-42-25-35(7)30-54(71-42)31-36(8)26-45(72-54)51(60)37(9)18-16-17-34(6)27-48(57)66-21-22-73(62,63)64/h18-19,32-36,39-40,42-46,51-52,60H,15-17,20-31H2,1-14H3,(H,62,63,64)/b37-18+,38-19+/t34?,35-,36+,39?,40?,42-,43?,44?,45-,46?,51?,52?,54-/m1/s1. The van der Waals surface area contributed by atoms with Crippen LogP contribution >= 0.6 is 0 Å². The monoisotopic (exact) mass is 1060 g/mol. The summed E-state index contributed by atoms with van der Waals surface area (Å²) in [5.74, 6) is -6.21. The van der Waals surface area contributed by atoms with E-state index in [2.05, 4.69) is 13.8 Å². The summed E-state index contributed by atoms with van der Waals surface area (Å²) in [4.78, 5) is 77.4. The van der Waals surface area contributed by atoms with Crippen molar-refractivity contribution in [1.29, 1.82) is 0 Å². The number of ether oxygens (including phenoxy) is 8. The predicted molar refractivity (Wildman–Crippen MR) is 272 cm³/mol. The zero-order chi connectivity index (χ0) is 55.4. The Kier molecular flexibility index (Phi) is 27.9. The molecule has 0 aliphatic carbocycles. The third kappa shape index (κ3) is 24.5. The number of hydrogen-bond donors (Lipinski definition) is 2. The maximum absolute atomic E-state index is 13.6. The minimum atomic E-state index is -4.24. The molecule has 2 saturated heterocycles. The molecule has 2 N–H and O–H groups in total. The number of esters is 6. The Morgan fingerprint density at radius 3 is 1.88 bits per heavy atom. The van der Waals surface area contributed by atoms with Gasteiger partial charge in [0.05, 0.1) is 19.3 Å². The first-order valence-electron chi connectivity index (χ1n) is 26.3. The van der Waals surface area contributed by atoms with Crippen LogP contribution < -0.4 is 0 Å². The maximum atomic E-state index is 13.6. The molecular formula is C54H90O18S. The molecule has 8 unspecified atom stereocenters. The van der Waals surface area contributed by atoms with E-state index in [1.54, 1.807) is 26.8 Å². The maximum Gasteiger partial charge on any atom is 0.333 e. The van der Waals surface area contributed by atoms with Crippen LogP contribution in [0.3, 0.4) is 0 Å². The average Bonchev–Trinajstić information content (AvgIpc) is 3.26. The molecule has 0 aromatic rings. The Labute approximate surface area is 435 Å². The molecule has 2 fully saturated rings. The van der Waals surface area contributed by atoms with Gasteiger partial charge in [0.15, 0.2) is 5.79 Å². The summed E-state index contributed by atoms with van der Waals surface area (Å²) in [6.45, 7) is 23.1. The molecule has 420 valence electrons. The predicted octanol–water partition coefficient (Wildman–Crippen LogP) is 8.59.